The van der Waals surface area contributed by atoms with Gasteiger partial charge in [0.05, 0.1) is 19.6 Å². The van der Waals surface area contributed by atoms with Crippen LogP contribution >= 0.6 is 0 Å². The van der Waals surface area contributed by atoms with Crippen LogP contribution in [0.3, 0.4) is 0 Å². The van der Waals surface area contributed by atoms with Gasteiger partial charge < -0.3 is 14.8 Å². The number of hydrogen-bond donors (Lipinski definition) is 1. The van der Waals surface area contributed by atoms with Crippen molar-refractivity contribution in [1.82, 2.24) is 5.32 Å². The number of ether oxygens (including phenoxy) is 2. The van der Waals surface area contributed by atoms with E-state index in [1.807, 2.05) is 0 Å². The van der Waals surface area contributed by atoms with E-state index in [4.69, 9.17) is 9.47 Å². The van der Waals surface area contributed by atoms with Crippen LogP contribution in [0.25, 0.3) is 0 Å². The van der Waals surface area contributed by atoms with Crippen LogP contribution in [0.4, 0.5) is 0 Å². The fourth-order valence-electron chi connectivity index (χ4n) is 2.07. The molecule has 0 heterocycles. The lowest BCUT2D eigenvalue weighted by Crippen LogP contribution is -2.36. The van der Waals surface area contributed by atoms with Crippen molar-refractivity contribution < 1.29 is 14.3 Å². The molecule has 88 valence electrons. The van der Waals surface area contributed by atoms with Gasteiger partial charge in [0.25, 0.3) is 0 Å². The Bertz CT molecular complexity index is 188. The average molecular weight is 215 g/mol. The Kier molecular flexibility index (Phi) is 5.65. The monoisotopic (exact) mass is 215 g/mol. The summed E-state index contributed by atoms with van der Waals surface area (Å²) in [6.07, 6.45) is 4.00. The third-order valence-corrected chi connectivity index (χ3v) is 3.00. The summed E-state index contributed by atoms with van der Waals surface area (Å²) >= 11 is 0. The first-order valence-electron chi connectivity index (χ1n) is 5.58. The molecule has 4 nitrogen and oxygen atoms in total. The molecule has 1 N–H and O–H groups in total. The van der Waals surface area contributed by atoms with E-state index in [0.29, 0.717) is 6.04 Å². The second-order valence-electron chi connectivity index (χ2n) is 4.02. The molecule has 1 aliphatic rings. The molecule has 0 bridgehead atoms. The number of methoxy groups -OCH3 is 2. The van der Waals surface area contributed by atoms with E-state index in [1.54, 1.807) is 7.11 Å². The van der Waals surface area contributed by atoms with E-state index in [1.165, 1.54) is 7.11 Å². The van der Waals surface area contributed by atoms with Crippen LogP contribution in [0.15, 0.2) is 0 Å². The van der Waals surface area contributed by atoms with Crippen LogP contribution in [0.5, 0.6) is 0 Å². The van der Waals surface area contributed by atoms with Crippen molar-refractivity contribution in [3.05, 3.63) is 0 Å². The highest BCUT2D eigenvalue weighted by molar-refractivity contribution is 5.72. The minimum Gasteiger partial charge on any atom is -0.469 e. The van der Waals surface area contributed by atoms with E-state index < -0.39 is 0 Å². The summed E-state index contributed by atoms with van der Waals surface area (Å²) in [6, 6.07) is 0.543. The van der Waals surface area contributed by atoms with Crippen LogP contribution in [0, 0.1) is 5.92 Å². The highest BCUT2D eigenvalue weighted by Crippen LogP contribution is 2.24. The minimum absolute atomic E-state index is 0.0506. The molecule has 0 aromatic rings. The molecule has 0 amide bonds. The van der Waals surface area contributed by atoms with Crippen molar-refractivity contribution >= 4 is 5.97 Å². The molecule has 15 heavy (non-hydrogen) atoms. The molecule has 1 rings (SSSR count). The SMILES string of the molecule is COCCNC1CCC(C(=O)OC)CC1. The fourth-order valence-corrected chi connectivity index (χ4v) is 2.07. The maximum absolute atomic E-state index is 11.3. The lowest BCUT2D eigenvalue weighted by Gasteiger charge is -2.27. The third kappa shape index (κ3) is 4.18. The molecule has 0 atom stereocenters. The summed E-state index contributed by atoms with van der Waals surface area (Å²) in [5.41, 5.74) is 0. The molecule has 0 aliphatic heterocycles. The van der Waals surface area contributed by atoms with E-state index in [9.17, 15) is 4.79 Å². The minimum atomic E-state index is -0.0506. The van der Waals surface area contributed by atoms with Gasteiger partial charge in [-0.05, 0) is 25.7 Å². The first-order valence-corrected chi connectivity index (χ1v) is 5.58. The normalized spacial score (nSPS) is 26.3. The molecule has 4 heteroatoms. The molecule has 0 radical (unpaired) electrons. The van der Waals surface area contributed by atoms with Gasteiger partial charge in [-0.1, -0.05) is 0 Å². The second-order valence-corrected chi connectivity index (χ2v) is 4.02. The van der Waals surface area contributed by atoms with Gasteiger partial charge in [0.2, 0.25) is 0 Å². The molecule has 0 spiro atoms. The van der Waals surface area contributed by atoms with E-state index >= 15 is 0 Å². The first kappa shape index (κ1) is 12.5. The Labute approximate surface area is 91.3 Å². The average Bonchev–Trinajstić information content (AvgIpc) is 2.29. The Morgan fingerprint density at radius 1 is 1.27 bits per heavy atom. The first-order chi connectivity index (χ1) is 7.27. The molecule has 1 fully saturated rings. The van der Waals surface area contributed by atoms with Crippen molar-refractivity contribution in [3.8, 4) is 0 Å². The van der Waals surface area contributed by atoms with Gasteiger partial charge in [0.1, 0.15) is 0 Å². The Morgan fingerprint density at radius 3 is 2.47 bits per heavy atom. The zero-order valence-electron chi connectivity index (χ0n) is 9.62. The van der Waals surface area contributed by atoms with Gasteiger partial charge in [-0.25, -0.2) is 0 Å². The van der Waals surface area contributed by atoms with Gasteiger partial charge >= 0.3 is 5.97 Å². The van der Waals surface area contributed by atoms with Crippen molar-refractivity contribution in [2.45, 2.75) is 31.7 Å². The predicted molar refractivity (Wildman–Crippen MR) is 57.6 cm³/mol. The topological polar surface area (TPSA) is 47.6 Å². The highest BCUT2D eigenvalue weighted by atomic mass is 16.5. The van der Waals surface area contributed by atoms with Crippen molar-refractivity contribution in [2.24, 2.45) is 5.92 Å². The number of hydrogen-bond acceptors (Lipinski definition) is 4. The number of carbonyl (C=O) groups is 1. The molecule has 0 aromatic heterocycles. The highest BCUT2D eigenvalue weighted by Gasteiger charge is 2.26. The Morgan fingerprint density at radius 2 is 1.93 bits per heavy atom. The lowest BCUT2D eigenvalue weighted by molar-refractivity contribution is -0.146. The zero-order chi connectivity index (χ0) is 11.1. The summed E-state index contributed by atoms with van der Waals surface area (Å²) in [5.74, 6) is 0.0702. The van der Waals surface area contributed by atoms with E-state index in [2.05, 4.69) is 5.32 Å². The van der Waals surface area contributed by atoms with Crippen molar-refractivity contribution in [3.63, 3.8) is 0 Å². The number of nitrogens with one attached hydrogen (secondary N) is 1. The van der Waals surface area contributed by atoms with Gasteiger partial charge in [-0.2, -0.15) is 0 Å². The van der Waals surface area contributed by atoms with Gasteiger partial charge in [0.15, 0.2) is 0 Å². The van der Waals surface area contributed by atoms with Gasteiger partial charge in [-0.3, -0.25) is 4.79 Å². The van der Waals surface area contributed by atoms with Crippen molar-refractivity contribution in [1.29, 1.82) is 0 Å². The molecule has 0 unspecified atom stereocenters. The lowest BCUT2D eigenvalue weighted by atomic mass is 9.86. The summed E-state index contributed by atoms with van der Waals surface area (Å²) in [5, 5.41) is 3.42. The summed E-state index contributed by atoms with van der Waals surface area (Å²) in [6.45, 7) is 1.64. The number of esters is 1. The zero-order valence-corrected chi connectivity index (χ0v) is 9.62. The van der Waals surface area contributed by atoms with E-state index in [-0.39, 0.29) is 11.9 Å². The quantitative estimate of drug-likeness (QED) is 0.548. The second kappa shape index (κ2) is 6.80. The maximum Gasteiger partial charge on any atom is 0.308 e. The molecule has 0 aromatic carbocycles. The van der Waals surface area contributed by atoms with Crippen molar-refractivity contribution in [2.75, 3.05) is 27.4 Å². The molecule has 1 saturated carbocycles. The third-order valence-electron chi connectivity index (χ3n) is 3.00. The number of carbonyl (C=O) groups excluding carboxylic acids is 1. The molecular weight excluding hydrogens is 194 g/mol. The Hall–Kier alpha value is -0.610. The number of rotatable bonds is 5. The predicted octanol–water partition coefficient (Wildman–Crippen LogP) is 0.954. The maximum atomic E-state index is 11.3. The Balaban J connectivity index is 2.15. The molecule has 1 aliphatic carbocycles. The largest absolute Gasteiger partial charge is 0.469 e. The van der Waals surface area contributed by atoms with Gasteiger partial charge in [0, 0.05) is 19.7 Å². The van der Waals surface area contributed by atoms with Crippen LogP contribution in [-0.2, 0) is 14.3 Å². The summed E-state index contributed by atoms with van der Waals surface area (Å²) in [7, 11) is 3.17. The molecular formula is C11H21NO3. The molecule has 0 saturated heterocycles. The van der Waals surface area contributed by atoms with Crippen LogP contribution < -0.4 is 5.32 Å². The van der Waals surface area contributed by atoms with Crippen LogP contribution in [0.2, 0.25) is 0 Å². The smallest absolute Gasteiger partial charge is 0.308 e. The van der Waals surface area contributed by atoms with Crippen LogP contribution in [-0.4, -0.2) is 39.4 Å². The standard InChI is InChI=1S/C11H21NO3/c1-14-8-7-12-10-5-3-9(4-6-10)11(13)15-2/h9-10,12H,3-8H2,1-2H3. The summed E-state index contributed by atoms with van der Waals surface area (Å²) in [4.78, 5) is 11.3. The van der Waals surface area contributed by atoms with E-state index in [0.717, 1.165) is 38.8 Å². The fraction of sp³-hybridized carbons (Fsp3) is 0.909. The summed E-state index contributed by atoms with van der Waals surface area (Å²) < 4.78 is 9.72. The van der Waals surface area contributed by atoms with Crippen LogP contribution in [0.1, 0.15) is 25.7 Å². The van der Waals surface area contributed by atoms with Gasteiger partial charge in [-0.15, -0.1) is 0 Å².